The molecule has 0 aromatic rings. The summed E-state index contributed by atoms with van der Waals surface area (Å²) in [6.45, 7) is 9.41. The van der Waals surface area contributed by atoms with Gasteiger partial charge in [0.25, 0.3) is 0 Å². The average molecular weight is 1360 g/mol. The van der Waals surface area contributed by atoms with E-state index in [-0.39, 0.29) is 75.9 Å². The molecule has 8 rings (SSSR count). The summed E-state index contributed by atoms with van der Waals surface area (Å²) in [4.78, 5) is 155. The van der Waals surface area contributed by atoms with Gasteiger partial charge < -0.3 is 106 Å². The molecule has 8 saturated heterocycles. The smallest absolute Gasteiger partial charge is 0.331 e. The van der Waals surface area contributed by atoms with Crippen LogP contribution < -0.4 is 0 Å². The lowest BCUT2D eigenvalue weighted by atomic mass is 10.1. The fourth-order valence-electron chi connectivity index (χ4n) is 9.29. The van der Waals surface area contributed by atoms with Gasteiger partial charge in [0.2, 0.25) is 0 Å². The minimum Gasteiger partial charge on any atom is -0.509 e. The lowest BCUT2D eigenvalue weighted by Crippen LogP contribution is -2.35. The summed E-state index contributed by atoms with van der Waals surface area (Å²) in [6, 6.07) is 0. The van der Waals surface area contributed by atoms with Crippen LogP contribution in [0, 0.1) is 0 Å². The molecule has 0 spiro atoms. The normalized spacial score (nSPS) is 28.9. The van der Waals surface area contributed by atoms with E-state index >= 15 is 0 Å². The number of fused-ring (bicyclic) bond motifs is 4. The Hall–Kier alpha value is -10.3. The Balaban J connectivity index is 0.000000231. The molecule has 96 heavy (non-hydrogen) atoms. The summed E-state index contributed by atoms with van der Waals surface area (Å²) in [5.74, 6) is -12.4. The molecule has 0 aliphatic carbocycles. The number of ketones is 2. The number of aliphatic hydroxyl groups excluding tert-OH is 2. The van der Waals surface area contributed by atoms with E-state index in [1.165, 1.54) is 13.8 Å². The fraction of sp³-hybridized carbons (Fsp3) is 0.433. The first kappa shape index (κ1) is 76.4. The first-order chi connectivity index (χ1) is 45.5. The number of rotatable bonds is 24. The van der Waals surface area contributed by atoms with Gasteiger partial charge in [0, 0.05) is 72.9 Å². The summed E-state index contributed by atoms with van der Waals surface area (Å²) < 4.78 is 84.4. The summed E-state index contributed by atoms with van der Waals surface area (Å²) in [5, 5.41) is 51.6. The van der Waals surface area contributed by atoms with Crippen molar-refractivity contribution >= 4 is 83.2 Å². The Kier molecular flexibility index (Phi) is 29.9. The lowest BCUT2D eigenvalue weighted by molar-refractivity contribution is -0.150. The SMILES string of the molecule is C=C(O)/C=C\C(=O)O[C@@H]1CO[C@H]2[C@@H]1OC[C@H]2OC(=O)/C=C/C(=O)O.C=C(O)/C=C\C(=O)O[C@@H]1CO[C@H]2[C@@H]1OC[C@H]2OC(=O)/C=C\C(=O)O.CC(=O)/C=C/C(=O)O[C@@H]1CO[C@H]2[C@@H]1OC[C@H]2OC(=O)/C=C/C(=O)O.CC(=O)/C=C/C(=O)O[C@H]1CO[C@H]2[C@@H]1OC[C@H]2OC(=O)/C=C/C(=O)O. The second kappa shape index (κ2) is 37.5. The van der Waals surface area contributed by atoms with Gasteiger partial charge in [0.1, 0.15) is 60.4 Å². The van der Waals surface area contributed by atoms with E-state index in [2.05, 4.69) is 13.2 Å². The van der Waals surface area contributed by atoms with Crippen molar-refractivity contribution in [1.82, 2.24) is 0 Å². The molecule has 0 unspecified atom stereocenters. The lowest BCUT2D eigenvalue weighted by Gasteiger charge is -2.16. The maximum atomic E-state index is 11.6. The molecule has 36 heteroatoms. The second-order valence-corrected chi connectivity index (χ2v) is 20.4. The molecule has 520 valence electrons. The molecule has 0 radical (unpaired) electrons. The molecule has 8 fully saturated rings. The van der Waals surface area contributed by atoms with Crippen molar-refractivity contribution in [3.8, 4) is 0 Å². The van der Waals surface area contributed by atoms with Crippen LogP contribution in [-0.4, -0.2) is 264 Å². The van der Waals surface area contributed by atoms with E-state index in [1.807, 2.05) is 0 Å². The Morgan fingerprint density at radius 1 is 0.250 bits per heavy atom. The monoisotopic (exact) mass is 1360 g/mol. The minimum absolute atomic E-state index is 0.0410. The number of carbonyl (C=O) groups excluding carboxylic acids is 10. The van der Waals surface area contributed by atoms with Crippen LogP contribution >= 0.6 is 0 Å². The van der Waals surface area contributed by atoms with Gasteiger partial charge in [0.15, 0.2) is 60.4 Å². The van der Waals surface area contributed by atoms with E-state index < -0.39 is 169 Å². The molecular weight excluding hydrogens is 1300 g/mol. The third-order valence-corrected chi connectivity index (χ3v) is 13.2. The number of carboxylic acids is 4. The van der Waals surface area contributed by atoms with E-state index in [4.69, 9.17) is 106 Å². The minimum atomic E-state index is -1.27. The third-order valence-electron chi connectivity index (χ3n) is 13.2. The molecular formula is C60H64O36. The number of esters is 8. The predicted molar refractivity (Wildman–Crippen MR) is 306 cm³/mol. The van der Waals surface area contributed by atoms with Crippen LogP contribution in [0.15, 0.2) is 122 Å². The van der Waals surface area contributed by atoms with E-state index in [1.54, 1.807) is 0 Å². The van der Waals surface area contributed by atoms with Gasteiger partial charge in [-0.25, -0.2) is 57.5 Å². The zero-order valence-corrected chi connectivity index (χ0v) is 50.5. The van der Waals surface area contributed by atoms with Crippen molar-refractivity contribution in [3.05, 3.63) is 122 Å². The maximum absolute atomic E-state index is 11.6. The first-order valence-electron chi connectivity index (χ1n) is 28.2. The molecule has 8 aliphatic rings. The van der Waals surface area contributed by atoms with Gasteiger partial charge in [-0.2, -0.15) is 0 Å². The van der Waals surface area contributed by atoms with Crippen LogP contribution in [-0.2, 0) is 143 Å². The summed E-state index contributed by atoms with van der Waals surface area (Å²) in [6.07, 6.45) is 3.75. The highest BCUT2D eigenvalue weighted by molar-refractivity contribution is 5.96. The van der Waals surface area contributed by atoms with Crippen LogP contribution in [0.1, 0.15) is 13.8 Å². The van der Waals surface area contributed by atoms with E-state index in [0.717, 1.165) is 72.9 Å². The maximum Gasteiger partial charge on any atom is 0.331 e. The number of aliphatic carboxylic acids is 4. The molecule has 8 aliphatic heterocycles. The molecule has 16 atom stereocenters. The van der Waals surface area contributed by atoms with Gasteiger partial charge in [-0.05, 0) is 38.2 Å². The van der Waals surface area contributed by atoms with Crippen molar-refractivity contribution in [2.24, 2.45) is 0 Å². The van der Waals surface area contributed by atoms with Gasteiger partial charge >= 0.3 is 71.6 Å². The third kappa shape index (κ3) is 25.5. The topological polar surface area (TPSA) is 508 Å². The number of allylic oxidation sites excluding steroid dienone is 4. The summed E-state index contributed by atoms with van der Waals surface area (Å²) in [5.41, 5.74) is 0. The summed E-state index contributed by atoms with van der Waals surface area (Å²) >= 11 is 0. The molecule has 8 heterocycles. The standard InChI is InChI=1S/4C15H16O9/c4*1-8(16)2-4-12(19)23-9-6-21-15-10(7-22-14(9)15)24-13(20)5-3-11(17)18/h2*2-5,9-10,14-15H,6-7H2,1H3,(H,17,18);2*2-5,9-10,14-16H,1,6-7H2,(H,17,18)/b2*4-2+,5-3+;4-2-,5-3+;4-2-,5-3-/t9-,10+,14+,15+;3*9-,10-,14-,15-/m0111/s1. The Labute approximate surface area is 541 Å². The molecule has 0 aromatic heterocycles. The van der Waals surface area contributed by atoms with Crippen LogP contribution in [0.5, 0.6) is 0 Å². The average Bonchev–Trinajstić information content (AvgIpc) is 1.68. The van der Waals surface area contributed by atoms with Crippen LogP contribution in [0.2, 0.25) is 0 Å². The van der Waals surface area contributed by atoms with Crippen molar-refractivity contribution in [2.75, 3.05) is 52.9 Å². The Bertz CT molecular complexity index is 2580. The number of carboxylic acid groups (broad SMARTS) is 4. The Morgan fingerprint density at radius 2 is 0.385 bits per heavy atom. The van der Waals surface area contributed by atoms with Gasteiger partial charge in [-0.15, -0.1) is 0 Å². The molecule has 0 bridgehead atoms. The van der Waals surface area contributed by atoms with Gasteiger partial charge in [-0.3, -0.25) is 9.59 Å². The highest BCUT2D eigenvalue weighted by Gasteiger charge is 2.54. The molecule has 0 aromatic carbocycles. The molecule has 0 amide bonds. The number of hydrogen-bond acceptors (Lipinski definition) is 32. The van der Waals surface area contributed by atoms with Crippen molar-refractivity contribution in [1.29, 1.82) is 0 Å². The fourth-order valence-corrected chi connectivity index (χ4v) is 9.29. The highest BCUT2D eigenvalue weighted by Crippen LogP contribution is 2.34. The van der Waals surface area contributed by atoms with Crippen LogP contribution in [0.4, 0.5) is 0 Å². The van der Waals surface area contributed by atoms with Crippen LogP contribution in [0.3, 0.4) is 0 Å². The van der Waals surface area contributed by atoms with Gasteiger partial charge in [0.05, 0.1) is 52.9 Å². The number of hydrogen-bond donors (Lipinski definition) is 6. The van der Waals surface area contributed by atoms with E-state index in [9.17, 15) is 67.1 Å². The second-order valence-electron chi connectivity index (χ2n) is 20.4. The summed E-state index contributed by atoms with van der Waals surface area (Å²) in [7, 11) is 0. The van der Waals surface area contributed by atoms with Crippen molar-refractivity contribution in [3.63, 3.8) is 0 Å². The highest BCUT2D eigenvalue weighted by atomic mass is 16.7. The quantitative estimate of drug-likeness (QED) is 0.0211. The van der Waals surface area contributed by atoms with Crippen molar-refractivity contribution < 1.29 is 174 Å². The van der Waals surface area contributed by atoms with E-state index in [0.29, 0.717) is 24.3 Å². The number of aliphatic hydroxyl groups is 2. The van der Waals surface area contributed by atoms with Gasteiger partial charge in [-0.1, -0.05) is 13.2 Å². The largest absolute Gasteiger partial charge is 0.509 e. The number of carbonyl (C=O) groups is 14. The first-order valence-corrected chi connectivity index (χ1v) is 28.2. The predicted octanol–water partition coefficient (Wildman–Crippen LogP) is -1.46. The van der Waals surface area contributed by atoms with Crippen LogP contribution in [0.25, 0.3) is 0 Å². The Morgan fingerprint density at radius 3 is 0.510 bits per heavy atom. The molecule has 6 N–H and O–H groups in total. The molecule has 0 saturated carbocycles. The zero-order chi connectivity index (χ0) is 70.8. The number of ether oxygens (including phenoxy) is 16. The zero-order valence-electron chi connectivity index (χ0n) is 50.5. The molecule has 36 nitrogen and oxygen atoms in total. The van der Waals surface area contributed by atoms with Crippen molar-refractivity contribution in [2.45, 2.75) is 112 Å².